The van der Waals surface area contributed by atoms with Gasteiger partial charge in [-0.1, -0.05) is 54.1 Å². The number of carbonyl (C=O) groups is 1. The van der Waals surface area contributed by atoms with Crippen LogP contribution in [0.1, 0.15) is 11.1 Å². The van der Waals surface area contributed by atoms with E-state index in [1.165, 1.54) is 5.56 Å². The van der Waals surface area contributed by atoms with Gasteiger partial charge in [0, 0.05) is 6.08 Å². The Morgan fingerprint density at radius 3 is 2.61 bits per heavy atom. The fourth-order valence-electron chi connectivity index (χ4n) is 1.88. The molecule has 0 bridgehead atoms. The second kappa shape index (κ2) is 5.32. The Morgan fingerprint density at radius 1 is 1.11 bits per heavy atom. The number of aliphatic carboxylic acids is 1. The second-order valence-corrected chi connectivity index (χ2v) is 4.13. The van der Waals surface area contributed by atoms with Crippen LogP contribution < -0.4 is 0 Å². The van der Waals surface area contributed by atoms with E-state index in [-0.39, 0.29) is 0 Å². The third-order valence-corrected chi connectivity index (χ3v) is 2.70. The van der Waals surface area contributed by atoms with Crippen molar-refractivity contribution in [3.05, 3.63) is 65.7 Å². The highest BCUT2D eigenvalue weighted by Crippen LogP contribution is 2.25. The maximum absolute atomic E-state index is 10.6. The number of hydrogen-bond donors (Lipinski definition) is 1. The van der Waals surface area contributed by atoms with Gasteiger partial charge in [-0.2, -0.15) is 0 Å². The minimum absolute atomic E-state index is 0.908. The third-order valence-electron chi connectivity index (χ3n) is 2.70. The first-order valence-corrected chi connectivity index (χ1v) is 5.74. The summed E-state index contributed by atoms with van der Waals surface area (Å²) in [6, 6.07) is 15.9. The van der Waals surface area contributed by atoms with Crippen LogP contribution in [-0.2, 0) is 4.79 Å². The zero-order valence-electron chi connectivity index (χ0n) is 10.1. The van der Waals surface area contributed by atoms with E-state index in [0.717, 1.165) is 22.8 Å². The van der Waals surface area contributed by atoms with E-state index in [1.807, 2.05) is 49.4 Å². The molecule has 2 rings (SSSR count). The van der Waals surface area contributed by atoms with Crippen molar-refractivity contribution in [1.29, 1.82) is 0 Å². The van der Waals surface area contributed by atoms with Crippen LogP contribution >= 0.6 is 0 Å². The maximum Gasteiger partial charge on any atom is 0.328 e. The van der Waals surface area contributed by atoms with Crippen LogP contribution in [0.3, 0.4) is 0 Å². The van der Waals surface area contributed by atoms with Gasteiger partial charge in [0.05, 0.1) is 0 Å². The molecule has 0 radical (unpaired) electrons. The van der Waals surface area contributed by atoms with Crippen LogP contribution in [0.25, 0.3) is 17.2 Å². The summed E-state index contributed by atoms with van der Waals surface area (Å²) in [7, 11) is 0. The van der Waals surface area contributed by atoms with Crippen LogP contribution in [0.4, 0.5) is 0 Å². The summed E-state index contributed by atoms with van der Waals surface area (Å²) in [4.78, 5) is 10.6. The molecule has 0 amide bonds. The second-order valence-electron chi connectivity index (χ2n) is 4.13. The van der Waals surface area contributed by atoms with Crippen molar-refractivity contribution in [2.75, 3.05) is 0 Å². The van der Waals surface area contributed by atoms with Crippen LogP contribution in [0.2, 0.25) is 0 Å². The van der Waals surface area contributed by atoms with Crippen LogP contribution in [0.15, 0.2) is 54.6 Å². The Bertz CT molecular complexity index is 598. The number of hydrogen-bond acceptors (Lipinski definition) is 1. The lowest BCUT2D eigenvalue weighted by Gasteiger charge is -2.06. The fourth-order valence-corrected chi connectivity index (χ4v) is 1.88. The van der Waals surface area contributed by atoms with Gasteiger partial charge in [0.25, 0.3) is 0 Å². The van der Waals surface area contributed by atoms with Crippen molar-refractivity contribution >= 4 is 12.0 Å². The first-order valence-electron chi connectivity index (χ1n) is 5.74. The minimum Gasteiger partial charge on any atom is -0.478 e. The van der Waals surface area contributed by atoms with E-state index in [9.17, 15) is 4.79 Å². The monoisotopic (exact) mass is 238 g/mol. The smallest absolute Gasteiger partial charge is 0.328 e. The molecule has 0 fully saturated rings. The Hall–Kier alpha value is -2.35. The molecular formula is C16H14O2. The lowest BCUT2D eigenvalue weighted by atomic mass is 9.98. The van der Waals surface area contributed by atoms with Gasteiger partial charge in [0.15, 0.2) is 0 Å². The summed E-state index contributed by atoms with van der Waals surface area (Å²) in [5.41, 5.74) is 4.23. The fraction of sp³-hybridized carbons (Fsp3) is 0.0625. The summed E-state index contributed by atoms with van der Waals surface area (Å²) in [5, 5.41) is 8.69. The molecule has 0 spiro atoms. The molecule has 1 N–H and O–H groups in total. The maximum atomic E-state index is 10.6. The number of rotatable bonds is 3. The van der Waals surface area contributed by atoms with E-state index in [4.69, 9.17) is 5.11 Å². The van der Waals surface area contributed by atoms with Gasteiger partial charge in [-0.05, 0) is 29.7 Å². The predicted molar refractivity (Wildman–Crippen MR) is 73.3 cm³/mol. The van der Waals surface area contributed by atoms with Crippen molar-refractivity contribution in [3.63, 3.8) is 0 Å². The molecule has 0 atom stereocenters. The van der Waals surface area contributed by atoms with Crippen molar-refractivity contribution in [1.82, 2.24) is 0 Å². The van der Waals surface area contributed by atoms with Crippen LogP contribution in [0.5, 0.6) is 0 Å². The lowest BCUT2D eigenvalue weighted by molar-refractivity contribution is -0.131. The van der Waals surface area contributed by atoms with Crippen molar-refractivity contribution < 1.29 is 9.90 Å². The molecule has 2 nitrogen and oxygen atoms in total. The summed E-state index contributed by atoms with van der Waals surface area (Å²) < 4.78 is 0. The summed E-state index contributed by atoms with van der Waals surface area (Å²) in [5.74, 6) is -0.936. The number of carboxylic acids is 1. The molecule has 0 aromatic heterocycles. The van der Waals surface area contributed by atoms with Crippen LogP contribution in [-0.4, -0.2) is 11.1 Å². The highest BCUT2D eigenvalue weighted by Gasteiger charge is 2.02. The zero-order chi connectivity index (χ0) is 13.0. The minimum atomic E-state index is -0.936. The molecule has 0 unspecified atom stereocenters. The molecular weight excluding hydrogens is 224 g/mol. The normalized spacial score (nSPS) is 10.7. The van der Waals surface area contributed by atoms with Crippen molar-refractivity contribution in [2.24, 2.45) is 0 Å². The number of aryl methyl sites for hydroxylation is 1. The molecule has 2 aromatic rings. The largest absolute Gasteiger partial charge is 0.478 e. The average Bonchev–Trinajstić information content (AvgIpc) is 2.36. The van der Waals surface area contributed by atoms with Gasteiger partial charge in [-0.25, -0.2) is 4.79 Å². The van der Waals surface area contributed by atoms with E-state index >= 15 is 0 Å². The number of carboxylic acid groups (broad SMARTS) is 1. The molecule has 90 valence electrons. The van der Waals surface area contributed by atoms with E-state index in [2.05, 4.69) is 6.07 Å². The van der Waals surface area contributed by atoms with E-state index in [1.54, 1.807) is 6.08 Å². The van der Waals surface area contributed by atoms with Gasteiger partial charge in [0.2, 0.25) is 0 Å². The Balaban J connectivity index is 2.48. The van der Waals surface area contributed by atoms with Crippen molar-refractivity contribution in [2.45, 2.75) is 6.92 Å². The zero-order valence-corrected chi connectivity index (χ0v) is 10.1. The van der Waals surface area contributed by atoms with Crippen LogP contribution in [0, 0.1) is 6.92 Å². The first kappa shape index (κ1) is 12.1. The molecule has 2 heteroatoms. The molecule has 0 saturated heterocycles. The number of benzene rings is 2. The molecule has 0 aliphatic rings. The lowest BCUT2D eigenvalue weighted by Crippen LogP contribution is -1.88. The first-order chi connectivity index (χ1) is 8.66. The molecule has 2 aromatic carbocycles. The summed E-state index contributed by atoms with van der Waals surface area (Å²) in [6.45, 7) is 2.04. The van der Waals surface area contributed by atoms with Crippen molar-refractivity contribution in [3.8, 4) is 11.1 Å². The quantitative estimate of drug-likeness (QED) is 0.827. The third kappa shape index (κ3) is 2.86. The highest BCUT2D eigenvalue weighted by molar-refractivity contribution is 5.87. The molecule has 18 heavy (non-hydrogen) atoms. The molecule has 0 saturated carbocycles. The Morgan fingerprint density at radius 2 is 1.89 bits per heavy atom. The van der Waals surface area contributed by atoms with Gasteiger partial charge in [-0.15, -0.1) is 0 Å². The van der Waals surface area contributed by atoms with Gasteiger partial charge in [0.1, 0.15) is 0 Å². The topological polar surface area (TPSA) is 37.3 Å². The predicted octanol–water partition coefficient (Wildman–Crippen LogP) is 3.76. The highest BCUT2D eigenvalue weighted by atomic mass is 16.4. The van der Waals surface area contributed by atoms with Gasteiger partial charge in [-0.3, -0.25) is 0 Å². The average molecular weight is 238 g/mol. The SMILES string of the molecule is Cc1cccc(-c2ccccc2/C=C/C(=O)O)c1. The standard InChI is InChI=1S/C16H14O2/c1-12-5-4-7-14(11-12)15-8-3-2-6-13(15)9-10-16(17)18/h2-11H,1H3,(H,17,18)/b10-9+. The molecule has 0 aliphatic heterocycles. The van der Waals surface area contributed by atoms with Gasteiger partial charge >= 0.3 is 5.97 Å². The summed E-state index contributed by atoms with van der Waals surface area (Å²) >= 11 is 0. The molecule has 0 aliphatic carbocycles. The van der Waals surface area contributed by atoms with E-state index in [0.29, 0.717) is 0 Å². The Kier molecular flexibility index (Phi) is 3.58. The Labute approximate surface area is 106 Å². The van der Waals surface area contributed by atoms with E-state index < -0.39 is 5.97 Å². The van der Waals surface area contributed by atoms with Gasteiger partial charge < -0.3 is 5.11 Å². The summed E-state index contributed by atoms with van der Waals surface area (Å²) in [6.07, 6.45) is 2.79. The molecule has 0 heterocycles.